The van der Waals surface area contributed by atoms with Gasteiger partial charge in [0.1, 0.15) is 6.33 Å². The van der Waals surface area contributed by atoms with Crippen LogP contribution >= 0.6 is 0 Å². The summed E-state index contributed by atoms with van der Waals surface area (Å²) in [5, 5.41) is 11.8. The predicted octanol–water partition coefficient (Wildman–Crippen LogP) is 2.46. The minimum atomic E-state index is 0.403. The van der Waals surface area contributed by atoms with Crippen LogP contribution in [0.2, 0.25) is 0 Å². The van der Waals surface area contributed by atoms with Crippen LogP contribution in [0.3, 0.4) is 0 Å². The Morgan fingerprint density at radius 2 is 1.91 bits per heavy atom. The van der Waals surface area contributed by atoms with Gasteiger partial charge in [-0.2, -0.15) is 10.2 Å². The van der Waals surface area contributed by atoms with E-state index in [1.54, 1.807) is 0 Å². The van der Waals surface area contributed by atoms with Gasteiger partial charge in [0.05, 0.1) is 6.04 Å². The van der Waals surface area contributed by atoms with Gasteiger partial charge in [-0.05, 0) is 25.7 Å². The maximum Gasteiger partial charge on any atom is 0.196 e. The second kappa shape index (κ2) is 6.16. The molecule has 0 spiro atoms. The number of ether oxygens (including phenoxy) is 1. The number of aromatic nitrogens is 6. The van der Waals surface area contributed by atoms with E-state index in [0.717, 1.165) is 43.5 Å². The molecule has 0 amide bonds. The van der Waals surface area contributed by atoms with E-state index in [0.29, 0.717) is 12.0 Å². The minimum absolute atomic E-state index is 0.403. The van der Waals surface area contributed by atoms with Crippen molar-refractivity contribution in [1.82, 2.24) is 29.9 Å². The summed E-state index contributed by atoms with van der Waals surface area (Å²) >= 11 is 0. The number of nitrogens with one attached hydrogen (secondary N) is 1. The maximum absolute atomic E-state index is 5.46. The van der Waals surface area contributed by atoms with Crippen LogP contribution < -0.4 is 0 Å². The minimum Gasteiger partial charge on any atom is -0.381 e. The van der Waals surface area contributed by atoms with Gasteiger partial charge in [0.25, 0.3) is 0 Å². The molecule has 0 atom stereocenters. The zero-order chi connectivity index (χ0) is 14.8. The first-order valence-electron chi connectivity index (χ1n) is 8.32. The normalized spacial score (nSPS) is 21.3. The summed E-state index contributed by atoms with van der Waals surface area (Å²) < 4.78 is 7.56. The van der Waals surface area contributed by atoms with Crippen molar-refractivity contribution in [1.29, 1.82) is 0 Å². The first-order valence-corrected chi connectivity index (χ1v) is 8.32. The standard InChI is InChI=1S/C15H22N6O/c1-2-4-12(5-3-1)21-15(14-16-10-17-19-14)18-13(20-21)11-6-8-22-9-7-11/h10-12H,1-9H2,(H,16,17,19). The molecule has 2 aromatic heterocycles. The van der Waals surface area contributed by atoms with Gasteiger partial charge < -0.3 is 4.74 Å². The Balaban J connectivity index is 1.69. The quantitative estimate of drug-likeness (QED) is 0.942. The van der Waals surface area contributed by atoms with Crippen LogP contribution in [0.4, 0.5) is 0 Å². The van der Waals surface area contributed by atoms with Gasteiger partial charge >= 0.3 is 0 Å². The van der Waals surface area contributed by atoms with Crippen molar-refractivity contribution in [3.8, 4) is 11.6 Å². The van der Waals surface area contributed by atoms with Crippen LogP contribution in [0.25, 0.3) is 11.6 Å². The number of hydrogen-bond donors (Lipinski definition) is 1. The third-order valence-corrected chi connectivity index (χ3v) is 4.78. The fraction of sp³-hybridized carbons (Fsp3) is 0.733. The predicted molar refractivity (Wildman–Crippen MR) is 80.3 cm³/mol. The van der Waals surface area contributed by atoms with E-state index < -0.39 is 0 Å². The zero-order valence-electron chi connectivity index (χ0n) is 12.7. The molecule has 2 aromatic rings. The van der Waals surface area contributed by atoms with E-state index in [-0.39, 0.29) is 0 Å². The number of aromatic amines is 1. The van der Waals surface area contributed by atoms with E-state index in [1.807, 2.05) is 0 Å². The van der Waals surface area contributed by atoms with Gasteiger partial charge in [-0.3, -0.25) is 5.10 Å². The van der Waals surface area contributed by atoms with Crippen molar-refractivity contribution in [3.05, 3.63) is 12.2 Å². The maximum atomic E-state index is 5.46. The Morgan fingerprint density at radius 3 is 2.64 bits per heavy atom. The van der Waals surface area contributed by atoms with Crippen LogP contribution in [0.1, 0.15) is 62.7 Å². The van der Waals surface area contributed by atoms with E-state index >= 15 is 0 Å². The van der Waals surface area contributed by atoms with E-state index in [2.05, 4.69) is 19.9 Å². The van der Waals surface area contributed by atoms with Crippen molar-refractivity contribution < 1.29 is 4.74 Å². The molecule has 7 heteroatoms. The molecule has 2 aliphatic rings. The summed E-state index contributed by atoms with van der Waals surface area (Å²) in [4.78, 5) is 9.10. The molecule has 0 bridgehead atoms. The Morgan fingerprint density at radius 1 is 1.09 bits per heavy atom. The molecule has 4 rings (SSSR count). The molecule has 1 aliphatic carbocycles. The van der Waals surface area contributed by atoms with Gasteiger partial charge in [-0.25, -0.2) is 14.6 Å². The summed E-state index contributed by atoms with van der Waals surface area (Å²) in [6, 6.07) is 0.440. The molecular weight excluding hydrogens is 280 g/mol. The fourth-order valence-corrected chi connectivity index (χ4v) is 3.52. The van der Waals surface area contributed by atoms with Crippen molar-refractivity contribution in [2.45, 2.75) is 56.9 Å². The molecule has 1 aliphatic heterocycles. The molecule has 2 fully saturated rings. The lowest BCUT2D eigenvalue weighted by Gasteiger charge is -2.23. The average molecular weight is 302 g/mol. The van der Waals surface area contributed by atoms with Crippen molar-refractivity contribution in [2.75, 3.05) is 13.2 Å². The van der Waals surface area contributed by atoms with Crippen molar-refractivity contribution in [3.63, 3.8) is 0 Å². The number of nitrogens with zero attached hydrogens (tertiary/aromatic N) is 5. The Kier molecular flexibility index (Phi) is 3.88. The molecule has 118 valence electrons. The largest absolute Gasteiger partial charge is 0.381 e. The first kappa shape index (κ1) is 13.9. The van der Waals surface area contributed by atoms with Crippen LogP contribution in [-0.2, 0) is 4.74 Å². The Labute approximate surface area is 129 Å². The molecule has 0 unspecified atom stereocenters. The number of rotatable bonds is 3. The lowest BCUT2D eigenvalue weighted by atomic mass is 9.95. The highest BCUT2D eigenvalue weighted by Gasteiger charge is 2.27. The van der Waals surface area contributed by atoms with Gasteiger partial charge in [0.2, 0.25) is 0 Å². The van der Waals surface area contributed by atoms with Gasteiger partial charge in [0, 0.05) is 19.1 Å². The van der Waals surface area contributed by atoms with Crippen LogP contribution in [0, 0.1) is 0 Å². The second-order valence-corrected chi connectivity index (χ2v) is 6.25. The Bertz CT molecular complexity index is 596. The average Bonchev–Trinajstić information content (AvgIpc) is 3.26. The monoisotopic (exact) mass is 302 g/mol. The summed E-state index contributed by atoms with van der Waals surface area (Å²) in [5.41, 5.74) is 0. The SMILES string of the molecule is c1n[nH]c(-c2nc(C3CCOCC3)nn2C2CCCCC2)n1. The zero-order valence-corrected chi connectivity index (χ0v) is 12.7. The van der Waals surface area contributed by atoms with Crippen molar-refractivity contribution in [2.24, 2.45) is 0 Å². The molecule has 7 nitrogen and oxygen atoms in total. The Hall–Kier alpha value is -1.76. The molecule has 1 saturated heterocycles. The third-order valence-electron chi connectivity index (χ3n) is 4.78. The first-order chi connectivity index (χ1) is 10.9. The highest BCUT2D eigenvalue weighted by atomic mass is 16.5. The molecule has 1 N–H and O–H groups in total. The van der Waals surface area contributed by atoms with Gasteiger partial charge in [0.15, 0.2) is 17.5 Å². The highest BCUT2D eigenvalue weighted by Crippen LogP contribution is 2.32. The number of H-pyrrole nitrogens is 1. The van der Waals surface area contributed by atoms with Gasteiger partial charge in [-0.1, -0.05) is 19.3 Å². The molecule has 3 heterocycles. The van der Waals surface area contributed by atoms with E-state index in [4.69, 9.17) is 14.8 Å². The summed E-state index contributed by atoms with van der Waals surface area (Å²) in [6.07, 6.45) is 9.77. The topological polar surface area (TPSA) is 81.5 Å². The summed E-state index contributed by atoms with van der Waals surface area (Å²) in [6.45, 7) is 1.61. The highest BCUT2D eigenvalue weighted by molar-refractivity contribution is 5.42. The molecule has 22 heavy (non-hydrogen) atoms. The second-order valence-electron chi connectivity index (χ2n) is 6.25. The van der Waals surface area contributed by atoms with Gasteiger partial charge in [-0.15, -0.1) is 0 Å². The number of hydrogen-bond acceptors (Lipinski definition) is 5. The molecule has 0 aromatic carbocycles. The van der Waals surface area contributed by atoms with E-state index in [1.165, 1.54) is 38.4 Å². The third kappa shape index (κ3) is 2.65. The molecular formula is C15H22N6O. The smallest absolute Gasteiger partial charge is 0.196 e. The van der Waals surface area contributed by atoms with Crippen LogP contribution in [0.5, 0.6) is 0 Å². The van der Waals surface area contributed by atoms with Crippen molar-refractivity contribution >= 4 is 0 Å². The lowest BCUT2D eigenvalue weighted by molar-refractivity contribution is 0.0834. The van der Waals surface area contributed by atoms with Crippen LogP contribution in [-0.4, -0.2) is 43.2 Å². The fourth-order valence-electron chi connectivity index (χ4n) is 3.52. The lowest BCUT2D eigenvalue weighted by Crippen LogP contribution is -2.17. The van der Waals surface area contributed by atoms with E-state index in [9.17, 15) is 0 Å². The molecule has 0 radical (unpaired) electrons. The molecule has 1 saturated carbocycles. The summed E-state index contributed by atoms with van der Waals surface area (Å²) in [5.74, 6) is 2.91. The van der Waals surface area contributed by atoms with Crippen LogP contribution in [0.15, 0.2) is 6.33 Å². The summed E-state index contributed by atoms with van der Waals surface area (Å²) in [7, 11) is 0.